The van der Waals surface area contributed by atoms with E-state index in [2.05, 4.69) is 5.32 Å². The van der Waals surface area contributed by atoms with E-state index in [4.69, 9.17) is 5.11 Å². The van der Waals surface area contributed by atoms with Gasteiger partial charge in [0.25, 0.3) is 0 Å². The molecule has 1 aliphatic rings. The van der Waals surface area contributed by atoms with Crippen LogP contribution in [-0.4, -0.2) is 51.8 Å². The summed E-state index contributed by atoms with van der Waals surface area (Å²) in [5.41, 5.74) is -0.796. The summed E-state index contributed by atoms with van der Waals surface area (Å²) in [5.74, 6) is -1.12. The molecule has 0 saturated carbocycles. The van der Waals surface area contributed by atoms with Crippen molar-refractivity contribution in [2.24, 2.45) is 5.92 Å². The van der Waals surface area contributed by atoms with E-state index in [1.165, 1.54) is 0 Å². The Morgan fingerprint density at radius 1 is 1.33 bits per heavy atom. The summed E-state index contributed by atoms with van der Waals surface area (Å²) in [5, 5.41) is 21.7. The van der Waals surface area contributed by atoms with Gasteiger partial charge in [0.15, 0.2) is 0 Å². The normalized spacial score (nSPS) is 25.2. The molecule has 6 nitrogen and oxygen atoms in total. The molecule has 3 unspecified atom stereocenters. The first-order valence-corrected chi connectivity index (χ1v) is 7.72. The maximum Gasteiger partial charge on any atom is 0.317 e. The third-order valence-corrected chi connectivity index (χ3v) is 4.03. The number of carboxylic acid groups (broad SMARTS) is 1. The van der Waals surface area contributed by atoms with E-state index >= 15 is 0 Å². The van der Waals surface area contributed by atoms with Gasteiger partial charge < -0.3 is 20.4 Å². The Hall–Kier alpha value is -1.30. The fourth-order valence-electron chi connectivity index (χ4n) is 2.62. The minimum atomic E-state index is -0.796. The maximum atomic E-state index is 12.1. The molecule has 0 aromatic heterocycles. The molecule has 3 atom stereocenters. The lowest BCUT2D eigenvalue weighted by atomic mass is 9.95. The van der Waals surface area contributed by atoms with Gasteiger partial charge in [-0.2, -0.15) is 0 Å². The van der Waals surface area contributed by atoms with Gasteiger partial charge >= 0.3 is 12.0 Å². The third kappa shape index (κ3) is 6.33. The fraction of sp³-hybridized carbons (Fsp3) is 0.867. The van der Waals surface area contributed by atoms with E-state index in [-0.39, 0.29) is 18.0 Å². The number of aliphatic carboxylic acids is 1. The molecule has 1 heterocycles. The van der Waals surface area contributed by atoms with E-state index in [1.807, 2.05) is 6.92 Å². The number of carbonyl (C=O) groups is 2. The Bertz CT molecular complexity index is 371. The molecule has 1 saturated heterocycles. The van der Waals surface area contributed by atoms with Crippen LogP contribution in [0.2, 0.25) is 0 Å². The zero-order chi connectivity index (χ0) is 16.0. The molecular formula is C15H28N2O4. The molecule has 2 amide bonds. The largest absolute Gasteiger partial charge is 0.481 e. The maximum absolute atomic E-state index is 12.1. The SMILES string of the molecule is CC(CCCC(C)C(=O)O)NC(=O)N1CCCC(C)(O)C1. The van der Waals surface area contributed by atoms with E-state index in [0.717, 1.165) is 25.7 Å². The molecule has 0 aromatic carbocycles. The van der Waals surface area contributed by atoms with Crippen LogP contribution in [-0.2, 0) is 4.79 Å². The van der Waals surface area contributed by atoms with Gasteiger partial charge in [0, 0.05) is 12.6 Å². The molecule has 0 aliphatic carbocycles. The van der Waals surface area contributed by atoms with Gasteiger partial charge in [0.05, 0.1) is 18.1 Å². The van der Waals surface area contributed by atoms with Crippen LogP contribution in [0.3, 0.4) is 0 Å². The molecule has 1 fully saturated rings. The molecule has 1 rings (SSSR count). The first kappa shape index (κ1) is 17.8. The average molecular weight is 300 g/mol. The quantitative estimate of drug-likeness (QED) is 0.698. The van der Waals surface area contributed by atoms with E-state index in [9.17, 15) is 14.7 Å². The molecule has 0 aromatic rings. The molecule has 0 bridgehead atoms. The van der Waals surface area contributed by atoms with Crippen molar-refractivity contribution in [1.82, 2.24) is 10.2 Å². The lowest BCUT2D eigenvalue weighted by molar-refractivity contribution is -0.141. The Balaban J connectivity index is 2.29. The molecule has 3 N–H and O–H groups in total. The van der Waals surface area contributed by atoms with E-state index in [1.54, 1.807) is 18.7 Å². The molecule has 6 heteroatoms. The van der Waals surface area contributed by atoms with Crippen LogP contribution in [0.4, 0.5) is 4.79 Å². The Kier molecular flexibility index (Phi) is 6.45. The molecular weight excluding hydrogens is 272 g/mol. The Labute approximate surface area is 126 Å². The summed E-state index contributed by atoms with van der Waals surface area (Å²) in [6, 6.07) is -0.140. The first-order chi connectivity index (χ1) is 9.71. The van der Waals surface area contributed by atoms with Crippen LogP contribution in [0.5, 0.6) is 0 Å². The monoisotopic (exact) mass is 300 g/mol. The highest BCUT2D eigenvalue weighted by atomic mass is 16.4. The number of nitrogens with one attached hydrogen (secondary N) is 1. The van der Waals surface area contributed by atoms with Crippen molar-refractivity contribution < 1.29 is 19.8 Å². The van der Waals surface area contributed by atoms with Crippen molar-refractivity contribution in [2.75, 3.05) is 13.1 Å². The molecule has 21 heavy (non-hydrogen) atoms. The minimum absolute atomic E-state index is 0.00497. The number of urea groups is 1. The van der Waals surface area contributed by atoms with Gasteiger partial charge in [-0.1, -0.05) is 13.3 Å². The second kappa shape index (κ2) is 7.64. The number of β-amino-alcohol motifs (C(OH)–C–C–N with tert-alkyl or cyclic N) is 1. The number of carbonyl (C=O) groups excluding carboxylic acids is 1. The number of aliphatic hydroxyl groups is 1. The van der Waals surface area contributed by atoms with Gasteiger partial charge in [-0.25, -0.2) is 4.79 Å². The number of hydrogen-bond donors (Lipinski definition) is 3. The zero-order valence-electron chi connectivity index (χ0n) is 13.3. The number of carboxylic acids is 1. The van der Waals surface area contributed by atoms with Crippen molar-refractivity contribution in [1.29, 1.82) is 0 Å². The first-order valence-electron chi connectivity index (χ1n) is 7.72. The van der Waals surface area contributed by atoms with Crippen molar-refractivity contribution in [3.05, 3.63) is 0 Å². The van der Waals surface area contributed by atoms with Gasteiger partial charge in [-0.05, 0) is 39.5 Å². The van der Waals surface area contributed by atoms with Gasteiger partial charge in [0.2, 0.25) is 0 Å². The van der Waals surface area contributed by atoms with Crippen molar-refractivity contribution in [3.8, 4) is 0 Å². The van der Waals surface area contributed by atoms with E-state index < -0.39 is 11.6 Å². The Morgan fingerprint density at radius 3 is 2.57 bits per heavy atom. The lowest BCUT2D eigenvalue weighted by Gasteiger charge is -2.37. The van der Waals surface area contributed by atoms with Crippen molar-refractivity contribution >= 4 is 12.0 Å². The standard InChI is InChI=1S/C15H28N2O4/c1-11(13(18)19)6-4-7-12(2)16-14(20)17-9-5-8-15(3,21)10-17/h11-12,21H,4-10H2,1-3H3,(H,16,20)(H,18,19). The highest BCUT2D eigenvalue weighted by Gasteiger charge is 2.31. The number of rotatable bonds is 6. The molecule has 1 aliphatic heterocycles. The summed E-state index contributed by atoms with van der Waals surface area (Å²) in [6.07, 6.45) is 3.68. The second-order valence-electron chi connectivity index (χ2n) is 6.54. The topological polar surface area (TPSA) is 89.9 Å². The number of likely N-dealkylation sites (tertiary alicyclic amines) is 1. The summed E-state index contributed by atoms with van der Waals surface area (Å²) in [7, 11) is 0. The molecule has 0 radical (unpaired) electrons. The predicted octanol–water partition coefficient (Wildman–Crippen LogP) is 1.82. The molecule has 122 valence electrons. The fourth-order valence-corrected chi connectivity index (χ4v) is 2.62. The predicted molar refractivity (Wildman–Crippen MR) is 80.1 cm³/mol. The average Bonchev–Trinajstić information content (AvgIpc) is 2.37. The summed E-state index contributed by atoms with van der Waals surface area (Å²) < 4.78 is 0. The smallest absolute Gasteiger partial charge is 0.317 e. The van der Waals surface area contributed by atoms with Crippen LogP contribution in [0.15, 0.2) is 0 Å². The lowest BCUT2D eigenvalue weighted by Crippen LogP contribution is -2.53. The summed E-state index contributed by atoms with van der Waals surface area (Å²) >= 11 is 0. The van der Waals surface area contributed by atoms with Gasteiger partial charge in [0.1, 0.15) is 0 Å². The van der Waals surface area contributed by atoms with Crippen LogP contribution in [0.25, 0.3) is 0 Å². The summed E-state index contributed by atoms with van der Waals surface area (Å²) in [6.45, 7) is 6.41. The Morgan fingerprint density at radius 2 is 2.00 bits per heavy atom. The number of hydrogen-bond acceptors (Lipinski definition) is 3. The van der Waals surface area contributed by atoms with Crippen LogP contribution >= 0.6 is 0 Å². The van der Waals surface area contributed by atoms with Crippen molar-refractivity contribution in [2.45, 2.75) is 64.5 Å². The van der Waals surface area contributed by atoms with Crippen LogP contribution in [0.1, 0.15) is 52.9 Å². The highest BCUT2D eigenvalue weighted by molar-refractivity contribution is 5.74. The highest BCUT2D eigenvalue weighted by Crippen LogP contribution is 2.20. The van der Waals surface area contributed by atoms with Gasteiger partial charge in [-0.15, -0.1) is 0 Å². The van der Waals surface area contributed by atoms with E-state index in [0.29, 0.717) is 19.5 Å². The van der Waals surface area contributed by atoms with Gasteiger partial charge in [-0.3, -0.25) is 4.79 Å². The van der Waals surface area contributed by atoms with Crippen molar-refractivity contribution in [3.63, 3.8) is 0 Å². The number of piperidine rings is 1. The number of nitrogens with zero attached hydrogens (tertiary/aromatic N) is 1. The zero-order valence-corrected chi connectivity index (χ0v) is 13.3. The van der Waals surface area contributed by atoms with Crippen LogP contribution < -0.4 is 5.32 Å². The minimum Gasteiger partial charge on any atom is -0.481 e. The third-order valence-electron chi connectivity index (χ3n) is 4.03. The molecule has 0 spiro atoms. The number of amides is 2. The van der Waals surface area contributed by atoms with Crippen LogP contribution in [0, 0.1) is 5.92 Å². The second-order valence-corrected chi connectivity index (χ2v) is 6.54. The summed E-state index contributed by atoms with van der Waals surface area (Å²) in [4.78, 5) is 24.5.